The van der Waals surface area contributed by atoms with Gasteiger partial charge in [0.15, 0.2) is 0 Å². The second-order valence-electron chi connectivity index (χ2n) is 3.82. The van der Waals surface area contributed by atoms with Crippen LogP contribution in [0.5, 0.6) is 0 Å². The molecule has 82 valence electrons. The lowest BCUT2D eigenvalue weighted by molar-refractivity contribution is 0.239. The first kappa shape index (κ1) is 11.5. The number of amides is 2. The SMILES string of the molecule is CC(C)CNC(=O)NCc1cccnc1. The fraction of sp³-hybridized carbons (Fsp3) is 0.455. The quantitative estimate of drug-likeness (QED) is 0.786. The lowest BCUT2D eigenvalue weighted by Gasteiger charge is -2.08. The molecule has 0 atom stereocenters. The van der Waals surface area contributed by atoms with E-state index in [4.69, 9.17) is 0 Å². The van der Waals surface area contributed by atoms with Crippen LogP contribution >= 0.6 is 0 Å². The topological polar surface area (TPSA) is 54.0 Å². The van der Waals surface area contributed by atoms with Crippen LogP contribution in [0.4, 0.5) is 4.79 Å². The lowest BCUT2D eigenvalue weighted by atomic mass is 10.2. The highest BCUT2D eigenvalue weighted by Gasteiger charge is 2.00. The minimum atomic E-state index is -0.132. The highest BCUT2D eigenvalue weighted by atomic mass is 16.2. The summed E-state index contributed by atoms with van der Waals surface area (Å²) in [5, 5.41) is 5.55. The molecule has 1 rings (SSSR count). The predicted octanol–water partition coefficient (Wildman–Crippen LogP) is 1.54. The molecule has 0 spiro atoms. The molecule has 4 heteroatoms. The fourth-order valence-electron chi connectivity index (χ4n) is 1.04. The second kappa shape index (κ2) is 6.01. The molecule has 0 fully saturated rings. The van der Waals surface area contributed by atoms with Crippen LogP contribution in [0.25, 0.3) is 0 Å². The van der Waals surface area contributed by atoms with E-state index >= 15 is 0 Å². The summed E-state index contributed by atoms with van der Waals surface area (Å²) in [6.07, 6.45) is 3.45. The van der Waals surface area contributed by atoms with E-state index in [1.165, 1.54) is 0 Å². The van der Waals surface area contributed by atoms with Gasteiger partial charge < -0.3 is 10.6 Å². The van der Waals surface area contributed by atoms with Crippen LogP contribution in [0.2, 0.25) is 0 Å². The van der Waals surface area contributed by atoms with Gasteiger partial charge in [-0.2, -0.15) is 0 Å². The Kier molecular flexibility index (Phi) is 4.60. The number of pyridine rings is 1. The van der Waals surface area contributed by atoms with Gasteiger partial charge in [0, 0.05) is 25.5 Å². The van der Waals surface area contributed by atoms with Gasteiger partial charge in [-0.15, -0.1) is 0 Å². The Balaban J connectivity index is 2.23. The third kappa shape index (κ3) is 5.00. The van der Waals surface area contributed by atoms with Crippen molar-refractivity contribution in [3.05, 3.63) is 30.1 Å². The number of hydrogen-bond acceptors (Lipinski definition) is 2. The van der Waals surface area contributed by atoms with Gasteiger partial charge in [0.25, 0.3) is 0 Å². The molecule has 1 aromatic rings. The summed E-state index contributed by atoms with van der Waals surface area (Å²) in [5.74, 6) is 0.467. The number of nitrogens with zero attached hydrogens (tertiary/aromatic N) is 1. The maximum atomic E-state index is 11.3. The molecular weight excluding hydrogens is 190 g/mol. The van der Waals surface area contributed by atoms with Crippen molar-refractivity contribution in [3.8, 4) is 0 Å². The first-order valence-electron chi connectivity index (χ1n) is 5.09. The van der Waals surface area contributed by atoms with Crippen LogP contribution in [0, 0.1) is 5.92 Å². The number of urea groups is 1. The van der Waals surface area contributed by atoms with Crippen molar-refractivity contribution in [2.45, 2.75) is 20.4 Å². The first-order chi connectivity index (χ1) is 7.18. The number of carbonyl (C=O) groups is 1. The molecule has 0 aromatic carbocycles. The van der Waals surface area contributed by atoms with E-state index in [2.05, 4.69) is 29.5 Å². The standard InChI is InChI=1S/C11H17N3O/c1-9(2)6-13-11(15)14-8-10-4-3-5-12-7-10/h3-5,7,9H,6,8H2,1-2H3,(H2,13,14,15). The summed E-state index contributed by atoms with van der Waals surface area (Å²) in [5.41, 5.74) is 0.997. The zero-order valence-electron chi connectivity index (χ0n) is 9.16. The Morgan fingerprint density at radius 2 is 2.27 bits per heavy atom. The summed E-state index contributed by atoms with van der Waals surface area (Å²) in [6, 6.07) is 3.64. The molecule has 1 heterocycles. The zero-order chi connectivity index (χ0) is 11.1. The van der Waals surface area contributed by atoms with E-state index in [0.29, 0.717) is 19.0 Å². The van der Waals surface area contributed by atoms with E-state index in [-0.39, 0.29) is 6.03 Å². The van der Waals surface area contributed by atoms with Gasteiger partial charge in [0.1, 0.15) is 0 Å². The van der Waals surface area contributed by atoms with Crippen LogP contribution in [-0.4, -0.2) is 17.6 Å². The van der Waals surface area contributed by atoms with Crippen LogP contribution in [0.3, 0.4) is 0 Å². The van der Waals surface area contributed by atoms with Crippen LogP contribution in [0.1, 0.15) is 19.4 Å². The summed E-state index contributed by atoms with van der Waals surface area (Å²) < 4.78 is 0. The minimum absolute atomic E-state index is 0.132. The maximum Gasteiger partial charge on any atom is 0.315 e. The molecule has 4 nitrogen and oxygen atoms in total. The third-order valence-electron chi connectivity index (χ3n) is 1.85. The van der Waals surface area contributed by atoms with E-state index in [0.717, 1.165) is 5.56 Å². The van der Waals surface area contributed by atoms with Crippen LogP contribution in [-0.2, 0) is 6.54 Å². The van der Waals surface area contributed by atoms with Crippen molar-refractivity contribution >= 4 is 6.03 Å². The van der Waals surface area contributed by atoms with Gasteiger partial charge in [-0.1, -0.05) is 19.9 Å². The molecule has 2 amide bonds. The Morgan fingerprint density at radius 1 is 1.47 bits per heavy atom. The molecule has 0 aliphatic rings. The monoisotopic (exact) mass is 207 g/mol. The normalized spacial score (nSPS) is 10.1. The minimum Gasteiger partial charge on any atom is -0.338 e. The van der Waals surface area contributed by atoms with E-state index in [1.807, 2.05) is 12.1 Å². The van der Waals surface area contributed by atoms with Crippen LogP contribution < -0.4 is 10.6 Å². The van der Waals surface area contributed by atoms with Gasteiger partial charge in [0.2, 0.25) is 0 Å². The first-order valence-corrected chi connectivity index (χ1v) is 5.09. The number of nitrogens with one attached hydrogen (secondary N) is 2. The Hall–Kier alpha value is -1.58. The predicted molar refractivity (Wildman–Crippen MR) is 59.3 cm³/mol. The third-order valence-corrected chi connectivity index (χ3v) is 1.85. The van der Waals surface area contributed by atoms with Crippen LogP contribution in [0.15, 0.2) is 24.5 Å². The molecule has 1 aromatic heterocycles. The Labute approximate surface area is 90.1 Å². The second-order valence-corrected chi connectivity index (χ2v) is 3.82. The highest BCUT2D eigenvalue weighted by molar-refractivity contribution is 5.73. The average molecular weight is 207 g/mol. The van der Waals surface area contributed by atoms with Crippen molar-refractivity contribution in [2.24, 2.45) is 5.92 Å². The summed E-state index contributed by atoms with van der Waals surface area (Å²) in [7, 11) is 0. The summed E-state index contributed by atoms with van der Waals surface area (Å²) in [6.45, 7) is 5.32. The van der Waals surface area contributed by atoms with Gasteiger partial charge in [-0.25, -0.2) is 4.79 Å². The average Bonchev–Trinajstić information content (AvgIpc) is 2.25. The van der Waals surface area contributed by atoms with Crippen molar-refractivity contribution in [3.63, 3.8) is 0 Å². The molecule has 0 bridgehead atoms. The zero-order valence-corrected chi connectivity index (χ0v) is 9.16. The number of aromatic nitrogens is 1. The van der Waals surface area contributed by atoms with Crippen molar-refractivity contribution in [2.75, 3.05) is 6.54 Å². The highest BCUT2D eigenvalue weighted by Crippen LogP contribution is 1.94. The molecule has 15 heavy (non-hydrogen) atoms. The molecule has 0 saturated carbocycles. The lowest BCUT2D eigenvalue weighted by Crippen LogP contribution is -2.37. The van der Waals surface area contributed by atoms with Crippen molar-refractivity contribution in [1.82, 2.24) is 15.6 Å². The maximum absolute atomic E-state index is 11.3. The van der Waals surface area contributed by atoms with Gasteiger partial charge >= 0.3 is 6.03 Å². The largest absolute Gasteiger partial charge is 0.338 e. The molecule has 0 aliphatic heterocycles. The molecular formula is C11H17N3O. The molecule has 0 radical (unpaired) electrons. The fourth-order valence-corrected chi connectivity index (χ4v) is 1.04. The Morgan fingerprint density at radius 3 is 2.87 bits per heavy atom. The summed E-state index contributed by atoms with van der Waals surface area (Å²) in [4.78, 5) is 15.2. The number of hydrogen-bond donors (Lipinski definition) is 2. The van der Waals surface area contributed by atoms with Gasteiger partial charge in [0.05, 0.1) is 0 Å². The molecule has 0 aliphatic carbocycles. The molecule has 0 unspecified atom stereocenters. The van der Waals surface area contributed by atoms with Crippen molar-refractivity contribution < 1.29 is 4.79 Å². The van der Waals surface area contributed by atoms with E-state index in [9.17, 15) is 4.79 Å². The molecule has 2 N–H and O–H groups in total. The Bertz CT molecular complexity index is 298. The van der Waals surface area contributed by atoms with E-state index < -0.39 is 0 Å². The smallest absolute Gasteiger partial charge is 0.315 e. The number of rotatable bonds is 4. The summed E-state index contributed by atoms with van der Waals surface area (Å²) >= 11 is 0. The van der Waals surface area contributed by atoms with Gasteiger partial charge in [-0.3, -0.25) is 4.98 Å². The van der Waals surface area contributed by atoms with Gasteiger partial charge in [-0.05, 0) is 17.5 Å². The number of carbonyl (C=O) groups excluding carboxylic acids is 1. The molecule has 0 saturated heterocycles. The van der Waals surface area contributed by atoms with Crippen molar-refractivity contribution in [1.29, 1.82) is 0 Å². The van der Waals surface area contributed by atoms with E-state index in [1.54, 1.807) is 12.4 Å².